The van der Waals surface area contributed by atoms with Crippen LogP contribution in [0.15, 0.2) is 42.6 Å². The van der Waals surface area contributed by atoms with E-state index in [9.17, 15) is 5.26 Å². The van der Waals surface area contributed by atoms with Crippen molar-refractivity contribution in [2.45, 2.75) is 6.42 Å². The van der Waals surface area contributed by atoms with E-state index < -0.39 is 0 Å². The van der Waals surface area contributed by atoms with Gasteiger partial charge in [0, 0.05) is 18.2 Å². The fourth-order valence-corrected chi connectivity index (χ4v) is 2.50. The third-order valence-electron chi connectivity index (χ3n) is 3.31. The van der Waals surface area contributed by atoms with E-state index in [1.54, 1.807) is 29.8 Å². The number of ether oxygens (including phenoxy) is 1. The van der Waals surface area contributed by atoms with Gasteiger partial charge in [0.1, 0.15) is 23.2 Å². The van der Waals surface area contributed by atoms with Crippen molar-refractivity contribution in [1.82, 2.24) is 9.38 Å². The van der Waals surface area contributed by atoms with Crippen molar-refractivity contribution in [1.29, 1.82) is 5.26 Å². The smallest absolute Gasteiger partial charge is 0.148 e. The van der Waals surface area contributed by atoms with E-state index in [-0.39, 0.29) is 0 Å². The molecule has 2 aromatic heterocycles. The Morgan fingerprint density at radius 2 is 2.10 bits per heavy atom. The van der Waals surface area contributed by atoms with Gasteiger partial charge in [-0.1, -0.05) is 29.8 Å². The lowest BCUT2D eigenvalue weighted by atomic mass is 10.1. The lowest BCUT2D eigenvalue weighted by Crippen LogP contribution is -1.96. The Balaban J connectivity index is 2.11. The molecule has 0 radical (unpaired) electrons. The average Bonchev–Trinajstić information content (AvgIpc) is 2.84. The molecule has 0 saturated heterocycles. The zero-order valence-electron chi connectivity index (χ0n) is 11.4. The average molecular weight is 298 g/mol. The molecule has 0 bridgehead atoms. The monoisotopic (exact) mass is 297 g/mol. The number of halogens is 1. The molecule has 1 aromatic carbocycles. The van der Waals surface area contributed by atoms with E-state index in [2.05, 4.69) is 11.1 Å². The van der Waals surface area contributed by atoms with Gasteiger partial charge in [0.2, 0.25) is 0 Å². The minimum Gasteiger partial charge on any atom is -0.496 e. The highest BCUT2D eigenvalue weighted by Crippen LogP contribution is 2.23. The molecule has 3 rings (SSSR count). The Morgan fingerprint density at radius 3 is 2.86 bits per heavy atom. The molecule has 0 amide bonds. The molecule has 0 fully saturated rings. The summed E-state index contributed by atoms with van der Waals surface area (Å²) in [5.41, 5.74) is 2.91. The summed E-state index contributed by atoms with van der Waals surface area (Å²) < 4.78 is 7.06. The molecule has 4 nitrogen and oxygen atoms in total. The summed E-state index contributed by atoms with van der Waals surface area (Å²) in [6.45, 7) is 0. The molecule has 3 aromatic rings. The molecule has 21 heavy (non-hydrogen) atoms. The van der Waals surface area contributed by atoms with Gasteiger partial charge in [0.15, 0.2) is 0 Å². The normalized spacial score (nSPS) is 10.5. The number of fused-ring (bicyclic) bond motifs is 1. The number of para-hydroxylation sites is 1. The zero-order valence-corrected chi connectivity index (χ0v) is 12.1. The third kappa shape index (κ3) is 2.44. The number of hydrogen-bond donors (Lipinski definition) is 0. The van der Waals surface area contributed by atoms with Crippen molar-refractivity contribution < 1.29 is 4.74 Å². The van der Waals surface area contributed by atoms with Gasteiger partial charge in [0.05, 0.1) is 17.8 Å². The first-order chi connectivity index (χ1) is 10.2. The minimum absolute atomic E-state index is 0.499. The highest BCUT2D eigenvalue weighted by molar-refractivity contribution is 6.30. The van der Waals surface area contributed by atoms with Crippen LogP contribution in [0.1, 0.15) is 17.0 Å². The standard InChI is InChI=1S/C16H12ClN3O/c1-21-15-5-3-2-4-11(15)8-13-14(9-18)20-10-12(17)6-7-16(20)19-13/h2-7,10H,8H2,1H3. The third-order valence-corrected chi connectivity index (χ3v) is 3.53. The number of methoxy groups -OCH3 is 1. The predicted molar refractivity (Wildman–Crippen MR) is 80.7 cm³/mol. The fraction of sp³-hybridized carbons (Fsp3) is 0.125. The Kier molecular flexibility index (Phi) is 3.51. The number of nitrogens with zero attached hydrogens (tertiary/aromatic N) is 3. The molecule has 2 heterocycles. The molecule has 5 heteroatoms. The first-order valence-corrected chi connectivity index (χ1v) is 6.79. The van der Waals surface area contributed by atoms with Crippen molar-refractivity contribution >= 4 is 17.2 Å². The van der Waals surface area contributed by atoms with Gasteiger partial charge in [-0.05, 0) is 18.2 Å². The quantitative estimate of drug-likeness (QED) is 0.744. The molecule has 0 aliphatic carbocycles. The highest BCUT2D eigenvalue weighted by Gasteiger charge is 2.14. The van der Waals surface area contributed by atoms with E-state index >= 15 is 0 Å². The first-order valence-electron chi connectivity index (χ1n) is 6.41. The van der Waals surface area contributed by atoms with Crippen LogP contribution in [0.4, 0.5) is 0 Å². The van der Waals surface area contributed by atoms with Gasteiger partial charge in [-0.15, -0.1) is 0 Å². The summed E-state index contributed by atoms with van der Waals surface area (Å²) in [5.74, 6) is 0.788. The zero-order chi connectivity index (χ0) is 14.8. The number of imidazole rings is 1. The Labute approximate surface area is 127 Å². The molecular weight excluding hydrogens is 286 g/mol. The van der Waals surface area contributed by atoms with E-state index in [0.29, 0.717) is 28.5 Å². The van der Waals surface area contributed by atoms with Crippen molar-refractivity contribution in [3.63, 3.8) is 0 Å². The van der Waals surface area contributed by atoms with Crippen molar-refractivity contribution in [3.8, 4) is 11.8 Å². The second kappa shape index (κ2) is 5.47. The molecule has 0 N–H and O–H groups in total. The molecule has 104 valence electrons. The number of pyridine rings is 1. The van der Waals surface area contributed by atoms with Gasteiger partial charge >= 0.3 is 0 Å². The second-order valence-corrected chi connectivity index (χ2v) is 5.02. The van der Waals surface area contributed by atoms with Crippen LogP contribution in [0.25, 0.3) is 5.65 Å². The lowest BCUT2D eigenvalue weighted by Gasteiger charge is -2.06. The van der Waals surface area contributed by atoms with Crippen molar-refractivity contribution in [2.75, 3.05) is 7.11 Å². The Bertz CT molecular complexity index is 848. The number of aromatic nitrogens is 2. The molecule has 0 aliphatic heterocycles. The van der Waals surface area contributed by atoms with Crippen LogP contribution in [-0.4, -0.2) is 16.5 Å². The largest absolute Gasteiger partial charge is 0.496 e. The molecule has 0 saturated carbocycles. The van der Waals surface area contributed by atoms with Crippen molar-refractivity contribution in [3.05, 3.63) is 64.6 Å². The lowest BCUT2D eigenvalue weighted by molar-refractivity contribution is 0.410. The van der Waals surface area contributed by atoms with Crippen LogP contribution >= 0.6 is 11.6 Å². The number of rotatable bonds is 3. The maximum absolute atomic E-state index is 9.42. The van der Waals surface area contributed by atoms with E-state index in [1.807, 2.05) is 24.3 Å². The van der Waals surface area contributed by atoms with Crippen LogP contribution in [0.5, 0.6) is 5.75 Å². The highest BCUT2D eigenvalue weighted by atomic mass is 35.5. The molecule has 0 atom stereocenters. The summed E-state index contributed by atoms with van der Waals surface area (Å²) in [7, 11) is 1.63. The molecule has 0 spiro atoms. The van der Waals surface area contributed by atoms with Crippen LogP contribution in [0.3, 0.4) is 0 Å². The summed E-state index contributed by atoms with van der Waals surface area (Å²) >= 11 is 5.99. The molecule has 0 aliphatic rings. The summed E-state index contributed by atoms with van der Waals surface area (Å²) in [6, 6.07) is 13.5. The summed E-state index contributed by atoms with van der Waals surface area (Å²) in [4.78, 5) is 4.52. The second-order valence-electron chi connectivity index (χ2n) is 4.58. The van der Waals surface area contributed by atoms with Gasteiger partial charge in [-0.2, -0.15) is 5.26 Å². The van der Waals surface area contributed by atoms with Gasteiger partial charge in [-0.25, -0.2) is 4.98 Å². The maximum Gasteiger partial charge on any atom is 0.148 e. The number of nitriles is 1. The topological polar surface area (TPSA) is 50.3 Å². The Morgan fingerprint density at radius 1 is 1.29 bits per heavy atom. The predicted octanol–water partition coefficient (Wildman–Crippen LogP) is 3.46. The summed E-state index contributed by atoms with van der Waals surface area (Å²) in [5, 5.41) is 9.99. The van der Waals surface area contributed by atoms with Gasteiger partial charge in [0.25, 0.3) is 0 Å². The van der Waals surface area contributed by atoms with Crippen LogP contribution in [0, 0.1) is 11.3 Å². The van der Waals surface area contributed by atoms with Crippen LogP contribution < -0.4 is 4.74 Å². The SMILES string of the molecule is COc1ccccc1Cc1nc2ccc(Cl)cn2c1C#N. The van der Waals surface area contributed by atoms with E-state index in [1.165, 1.54) is 0 Å². The van der Waals surface area contributed by atoms with Gasteiger partial charge in [-0.3, -0.25) is 4.40 Å². The maximum atomic E-state index is 9.42. The van der Waals surface area contributed by atoms with E-state index in [0.717, 1.165) is 11.3 Å². The van der Waals surface area contributed by atoms with E-state index in [4.69, 9.17) is 16.3 Å². The van der Waals surface area contributed by atoms with Crippen LogP contribution in [-0.2, 0) is 6.42 Å². The van der Waals surface area contributed by atoms with Crippen LogP contribution in [0.2, 0.25) is 5.02 Å². The van der Waals surface area contributed by atoms with Gasteiger partial charge < -0.3 is 4.74 Å². The Hall–Kier alpha value is -2.51. The number of hydrogen-bond acceptors (Lipinski definition) is 3. The number of benzene rings is 1. The molecular formula is C16H12ClN3O. The first kappa shape index (κ1) is 13.5. The van der Waals surface area contributed by atoms with Crippen molar-refractivity contribution in [2.24, 2.45) is 0 Å². The molecule has 0 unspecified atom stereocenters. The minimum atomic E-state index is 0.499. The summed E-state index contributed by atoms with van der Waals surface area (Å²) in [6.07, 6.45) is 2.24. The fourth-order valence-electron chi connectivity index (χ4n) is 2.34.